The Morgan fingerprint density at radius 2 is 1.71 bits per heavy atom. The first-order valence-corrected chi connectivity index (χ1v) is 11.2. The van der Waals surface area contributed by atoms with Crippen LogP contribution in [0.4, 0.5) is 0 Å². The van der Waals surface area contributed by atoms with Gasteiger partial charge in [0, 0.05) is 61.6 Å². The minimum absolute atomic E-state index is 0.000200. The second-order valence-electron chi connectivity index (χ2n) is 8.64. The molecule has 160 valence electrons. The standard InChI is InChI=1S/C25H28N4O2/c30-25(28-13-18-8-10-31-11-9-18)23-12-21(17-29(23)16-19-6-7-19)22-14-26-24(27-15-22)20-4-2-1-3-5-20/h1-5,12,14-15,17-19H,6-11,13,16H2,(H,28,30). The van der Waals surface area contributed by atoms with Crippen LogP contribution in [0.5, 0.6) is 0 Å². The average molecular weight is 417 g/mol. The fraction of sp³-hybridized carbons (Fsp3) is 0.400. The number of aromatic nitrogens is 3. The summed E-state index contributed by atoms with van der Waals surface area (Å²) in [6.45, 7) is 3.19. The van der Waals surface area contributed by atoms with Gasteiger partial charge in [-0.15, -0.1) is 0 Å². The van der Waals surface area contributed by atoms with E-state index in [9.17, 15) is 4.79 Å². The van der Waals surface area contributed by atoms with Gasteiger partial charge < -0.3 is 14.6 Å². The van der Waals surface area contributed by atoms with Crippen LogP contribution >= 0.6 is 0 Å². The van der Waals surface area contributed by atoms with Crippen LogP contribution in [-0.4, -0.2) is 40.2 Å². The molecule has 0 radical (unpaired) electrons. The fourth-order valence-electron chi connectivity index (χ4n) is 4.08. The summed E-state index contributed by atoms with van der Waals surface area (Å²) < 4.78 is 7.53. The van der Waals surface area contributed by atoms with Gasteiger partial charge in [-0.2, -0.15) is 0 Å². The third kappa shape index (κ3) is 4.85. The molecule has 0 bridgehead atoms. The Morgan fingerprint density at radius 3 is 2.42 bits per heavy atom. The number of ether oxygens (including phenoxy) is 1. The van der Waals surface area contributed by atoms with Crippen LogP contribution in [0.15, 0.2) is 55.0 Å². The molecular weight excluding hydrogens is 388 g/mol. The normalized spacial score (nSPS) is 16.9. The van der Waals surface area contributed by atoms with E-state index in [1.54, 1.807) is 0 Å². The van der Waals surface area contributed by atoms with Crippen LogP contribution in [-0.2, 0) is 11.3 Å². The quantitative estimate of drug-likeness (QED) is 0.627. The predicted molar refractivity (Wildman–Crippen MR) is 119 cm³/mol. The molecule has 3 aromatic rings. The highest BCUT2D eigenvalue weighted by Crippen LogP contribution is 2.32. The smallest absolute Gasteiger partial charge is 0.267 e. The molecule has 0 unspecified atom stereocenters. The number of carbonyl (C=O) groups excluding carboxylic acids is 1. The van der Waals surface area contributed by atoms with E-state index in [1.807, 2.05) is 48.8 Å². The molecule has 1 saturated heterocycles. The summed E-state index contributed by atoms with van der Waals surface area (Å²) in [6.07, 6.45) is 10.3. The second kappa shape index (κ2) is 9.02. The van der Waals surface area contributed by atoms with Gasteiger partial charge in [-0.1, -0.05) is 30.3 Å². The molecule has 0 atom stereocenters. The van der Waals surface area contributed by atoms with E-state index in [0.29, 0.717) is 24.2 Å². The lowest BCUT2D eigenvalue weighted by Gasteiger charge is -2.22. The SMILES string of the molecule is O=C(NCC1CCOCC1)c1cc(-c2cnc(-c3ccccc3)nc2)cn1CC1CC1. The molecule has 31 heavy (non-hydrogen) atoms. The van der Waals surface area contributed by atoms with Crippen LogP contribution in [0, 0.1) is 11.8 Å². The van der Waals surface area contributed by atoms with Gasteiger partial charge in [-0.3, -0.25) is 4.79 Å². The molecular formula is C25H28N4O2. The lowest BCUT2D eigenvalue weighted by atomic mass is 10.0. The summed E-state index contributed by atoms with van der Waals surface area (Å²) in [4.78, 5) is 22.1. The van der Waals surface area contributed by atoms with Gasteiger partial charge in [0.05, 0.1) is 0 Å². The van der Waals surface area contributed by atoms with E-state index in [1.165, 1.54) is 12.8 Å². The van der Waals surface area contributed by atoms with Crippen LogP contribution in [0.1, 0.15) is 36.2 Å². The molecule has 1 N–H and O–H groups in total. The van der Waals surface area contributed by atoms with E-state index in [0.717, 1.165) is 55.0 Å². The lowest BCUT2D eigenvalue weighted by Crippen LogP contribution is -2.33. The van der Waals surface area contributed by atoms with Crippen molar-refractivity contribution in [3.63, 3.8) is 0 Å². The van der Waals surface area contributed by atoms with Crippen molar-refractivity contribution in [3.05, 3.63) is 60.7 Å². The van der Waals surface area contributed by atoms with E-state index >= 15 is 0 Å². The monoisotopic (exact) mass is 416 g/mol. The Labute approximate surface area is 182 Å². The first-order valence-electron chi connectivity index (χ1n) is 11.2. The van der Waals surface area contributed by atoms with Crippen molar-refractivity contribution in [1.29, 1.82) is 0 Å². The molecule has 1 saturated carbocycles. The minimum atomic E-state index is 0.000200. The highest BCUT2D eigenvalue weighted by Gasteiger charge is 2.25. The van der Waals surface area contributed by atoms with Gasteiger partial charge in [-0.25, -0.2) is 9.97 Å². The summed E-state index contributed by atoms with van der Waals surface area (Å²) in [6, 6.07) is 11.9. The maximum Gasteiger partial charge on any atom is 0.267 e. The third-order valence-corrected chi connectivity index (χ3v) is 6.19. The number of hydrogen-bond donors (Lipinski definition) is 1. The Kier molecular flexibility index (Phi) is 5.80. The highest BCUT2D eigenvalue weighted by molar-refractivity contribution is 5.94. The van der Waals surface area contributed by atoms with Gasteiger partial charge in [-0.05, 0) is 43.6 Å². The van der Waals surface area contributed by atoms with Crippen LogP contribution < -0.4 is 5.32 Å². The maximum atomic E-state index is 13.0. The van der Waals surface area contributed by atoms with Crippen molar-refractivity contribution >= 4 is 5.91 Å². The Hall–Kier alpha value is -2.99. The van der Waals surface area contributed by atoms with Crippen LogP contribution in [0.25, 0.3) is 22.5 Å². The topological polar surface area (TPSA) is 69.0 Å². The fourth-order valence-corrected chi connectivity index (χ4v) is 4.08. The number of rotatable bonds is 7. The lowest BCUT2D eigenvalue weighted by molar-refractivity contribution is 0.0641. The first kappa shape index (κ1) is 19.9. The molecule has 5 rings (SSSR count). The van der Waals surface area contributed by atoms with Gasteiger partial charge in [0.25, 0.3) is 5.91 Å². The van der Waals surface area contributed by atoms with Crippen molar-refractivity contribution in [3.8, 4) is 22.5 Å². The predicted octanol–water partition coefficient (Wildman–Crippen LogP) is 4.18. The van der Waals surface area contributed by atoms with E-state index < -0.39 is 0 Å². The van der Waals surface area contributed by atoms with Gasteiger partial charge in [0.2, 0.25) is 0 Å². The summed E-state index contributed by atoms with van der Waals surface area (Å²) in [5.41, 5.74) is 3.62. The molecule has 1 aromatic carbocycles. The van der Waals surface area contributed by atoms with E-state index in [4.69, 9.17) is 4.74 Å². The van der Waals surface area contributed by atoms with Crippen molar-refractivity contribution in [1.82, 2.24) is 19.9 Å². The van der Waals surface area contributed by atoms with Gasteiger partial charge >= 0.3 is 0 Å². The highest BCUT2D eigenvalue weighted by atomic mass is 16.5. The van der Waals surface area contributed by atoms with Crippen LogP contribution in [0.2, 0.25) is 0 Å². The minimum Gasteiger partial charge on any atom is -0.381 e. The Morgan fingerprint density at radius 1 is 0.968 bits per heavy atom. The molecule has 2 aliphatic rings. The maximum absolute atomic E-state index is 13.0. The Balaban J connectivity index is 1.34. The zero-order chi connectivity index (χ0) is 21.0. The summed E-state index contributed by atoms with van der Waals surface area (Å²) in [5.74, 6) is 1.89. The number of carbonyl (C=O) groups is 1. The largest absolute Gasteiger partial charge is 0.381 e. The molecule has 1 aliphatic heterocycles. The van der Waals surface area contributed by atoms with E-state index in [2.05, 4.69) is 26.0 Å². The number of amides is 1. The summed E-state index contributed by atoms with van der Waals surface area (Å²) in [5, 5.41) is 3.15. The Bertz CT molecular complexity index is 1020. The molecule has 0 spiro atoms. The molecule has 6 nitrogen and oxygen atoms in total. The van der Waals surface area contributed by atoms with Crippen molar-refractivity contribution < 1.29 is 9.53 Å². The molecule has 3 heterocycles. The average Bonchev–Trinajstić information content (AvgIpc) is 3.55. The molecule has 1 aliphatic carbocycles. The number of nitrogens with zero attached hydrogens (tertiary/aromatic N) is 3. The second-order valence-corrected chi connectivity index (χ2v) is 8.64. The third-order valence-electron chi connectivity index (χ3n) is 6.19. The first-order chi connectivity index (χ1) is 15.3. The summed E-state index contributed by atoms with van der Waals surface area (Å²) in [7, 11) is 0. The van der Waals surface area contributed by atoms with Gasteiger partial charge in [0.15, 0.2) is 5.82 Å². The zero-order valence-electron chi connectivity index (χ0n) is 17.7. The van der Waals surface area contributed by atoms with Crippen LogP contribution in [0.3, 0.4) is 0 Å². The van der Waals surface area contributed by atoms with Gasteiger partial charge in [0.1, 0.15) is 5.69 Å². The number of nitrogens with one attached hydrogen (secondary N) is 1. The molecule has 2 fully saturated rings. The number of hydrogen-bond acceptors (Lipinski definition) is 4. The van der Waals surface area contributed by atoms with Crippen molar-refractivity contribution in [2.24, 2.45) is 11.8 Å². The number of benzene rings is 1. The van der Waals surface area contributed by atoms with Crippen molar-refractivity contribution in [2.45, 2.75) is 32.2 Å². The molecule has 6 heteroatoms. The van der Waals surface area contributed by atoms with Crippen molar-refractivity contribution in [2.75, 3.05) is 19.8 Å². The summed E-state index contributed by atoms with van der Waals surface area (Å²) >= 11 is 0. The van der Waals surface area contributed by atoms with E-state index in [-0.39, 0.29) is 5.91 Å². The molecule has 2 aromatic heterocycles. The zero-order valence-corrected chi connectivity index (χ0v) is 17.7. The molecule has 1 amide bonds.